The van der Waals surface area contributed by atoms with E-state index in [1.165, 1.54) is 25.7 Å². The van der Waals surface area contributed by atoms with Gasteiger partial charge in [-0.05, 0) is 60.1 Å². The molecule has 21 heavy (non-hydrogen) atoms. The lowest BCUT2D eigenvalue weighted by molar-refractivity contribution is 0.0691. The van der Waals surface area contributed by atoms with Crippen LogP contribution < -0.4 is 4.74 Å². The fourth-order valence-corrected chi connectivity index (χ4v) is 3.61. The molecule has 3 nitrogen and oxygen atoms in total. The zero-order valence-corrected chi connectivity index (χ0v) is 15.9. The molecule has 1 aliphatic rings. The molecule has 1 fully saturated rings. The van der Waals surface area contributed by atoms with Crippen molar-refractivity contribution in [2.45, 2.75) is 31.8 Å². The molecule has 1 unspecified atom stereocenters. The van der Waals surface area contributed by atoms with Crippen molar-refractivity contribution < 1.29 is 9.84 Å². The molecule has 1 saturated heterocycles. The summed E-state index contributed by atoms with van der Waals surface area (Å²) >= 11 is 6.87. The predicted molar refractivity (Wildman–Crippen MR) is 95.5 cm³/mol. The lowest BCUT2D eigenvalue weighted by Crippen LogP contribution is -2.36. The van der Waals surface area contributed by atoms with E-state index in [2.05, 4.69) is 36.8 Å². The molecule has 1 aromatic rings. The van der Waals surface area contributed by atoms with Gasteiger partial charge in [-0.2, -0.15) is 0 Å². The number of likely N-dealkylation sites (tertiary alicyclic amines) is 1. The maximum Gasteiger partial charge on any atom is 0.133 e. The molecule has 0 spiro atoms. The van der Waals surface area contributed by atoms with Crippen molar-refractivity contribution in [3.8, 4) is 5.75 Å². The quantitative estimate of drug-likeness (QED) is 0.739. The molecule has 2 rings (SSSR count). The number of rotatable bonds is 5. The number of benzene rings is 1. The highest BCUT2D eigenvalue weighted by atomic mass is 79.9. The summed E-state index contributed by atoms with van der Waals surface area (Å²) in [4.78, 5) is 2.34. The molecule has 1 heterocycles. The molecule has 1 aromatic carbocycles. The maximum absolute atomic E-state index is 10.1. The van der Waals surface area contributed by atoms with E-state index in [1.54, 1.807) is 0 Å². The zero-order valence-electron chi connectivity index (χ0n) is 11.9. The first kappa shape index (κ1) is 19.2. The van der Waals surface area contributed by atoms with E-state index in [4.69, 9.17) is 4.74 Å². The number of hydrogen-bond donors (Lipinski definition) is 1. The van der Waals surface area contributed by atoms with Crippen LogP contribution in [0.4, 0.5) is 0 Å². The number of β-amino-alcohol motifs (C(OH)–C–C–N with tert-alkyl or cyclic N) is 1. The first-order valence-corrected chi connectivity index (χ1v) is 8.72. The minimum Gasteiger partial charge on any atom is -0.490 e. The summed E-state index contributed by atoms with van der Waals surface area (Å²) in [5.41, 5.74) is 0. The van der Waals surface area contributed by atoms with Crippen LogP contribution in [0.5, 0.6) is 5.75 Å². The van der Waals surface area contributed by atoms with Crippen molar-refractivity contribution in [2.24, 2.45) is 0 Å². The van der Waals surface area contributed by atoms with Crippen LogP contribution in [0.1, 0.15) is 25.7 Å². The number of ether oxygens (including phenoxy) is 1. The first-order chi connectivity index (χ1) is 9.65. The van der Waals surface area contributed by atoms with Crippen molar-refractivity contribution in [1.29, 1.82) is 0 Å². The second-order valence-electron chi connectivity index (χ2n) is 5.25. The molecule has 1 aliphatic heterocycles. The largest absolute Gasteiger partial charge is 0.490 e. The lowest BCUT2D eigenvalue weighted by atomic mass is 10.2. The van der Waals surface area contributed by atoms with E-state index >= 15 is 0 Å². The summed E-state index contributed by atoms with van der Waals surface area (Å²) < 4.78 is 7.58. The molecular formula is C15H22Br2ClNO2. The van der Waals surface area contributed by atoms with Gasteiger partial charge in [-0.15, -0.1) is 12.4 Å². The summed E-state index contributed by atoms with van der Waals surface area (Å²) in [5, 5.41) is 10.1. The molecule has 0 aliphatic carbocycles. The second kappa shape index (κ2) is 10.1. The Bertz CT molecular complexity index is 426. The van der Waals surface area contributed by atoms with Gasteiger partial charge in [0, 0.05) is 11.0 Å². The predicted octanol–water partition coefficient (Wildman–Crippen LogP) is 4.25. The molecule has 0 bridgehead atoms. The van der Waals surface area contributed by atoms with Crippen molar-refractivity contribution in [1.82, 2.24) is 4.90 Å². The van der Waals surface area contributed by atoms with Crippen LogP contribution >= 0.6 is 44.3 Å². The van der Waals surface area contributed by atoms with Gasteiger partial charge in [0.05, 0.1) is 4.47 Å². The Morgan fingerprint density at radius 1 is 1.14 bits per heavy atom. The highest BCUT2D eigenvalue weighted by molar-refractivity contribution is 9.11. The number of halogens is 3. The first-order valence-electron chi connectivity index (χ1n) is 7.13. The average Bonchev–Trinajstić information content (AvgIpc) is 2.66. The van der Waals surface area contributed by atoms with Crippen molar-refractivity contribution in [2.75, 3.05) is 26.2 Å². The van der Waals surface area contributed by atoms with Gasteiger partial charge in [0.2, 0.25) is 0 Å². The van der Waals surface area contributed by atoms with Gasteiger partial charge in [0.1, 0.15) is 18.5 Å². The SMILES string of the molecule is Cl.OC(COc1ccc(Br)cc1Br)CN1CCCCCC1. The van der Waals surface area contributed by atoms with Crippen LogP contribution in [0.25, 0.3) is 0 Å². The minimum atomic E-state index is -0.441. The Balaban J connectivity index is 0.00000220. The van der Waals surface area contributed by atoms with Crippen LogP contribution in [0.3, 0.4) is 0 Å². The number of aliphatic hydroxyl groups excluding tert-OH is 1. The van der Waals surface area contributed by atoms with E-state index in [0.717, 1.165) is 27.8 Å². The molecule has 120 valence electrons. The molecule has 0 saturated carbocycles. The topological polar surface area (TPSA) is 32.7 Å². The third-order valence-electron chi connectivity index (χ3n) is 3.49. The minimum absolute atomic E-state index is 0. The van der Waals surface area contributed by atoms with Crippen molar-refractivity contribution in [3.05, 3.63) is 27.1 Å². The Morgan fingerprint density at radius 3 is 2.43 bits per heavy atom. The summed E-state index contributed by atoms with van der Waals surface area (Å²) in [7, 11) is 0. The number of hydrogen-bond acceptors (Lipinski definition) is 3. The average molecular weight is 444 g/mol. The third kappa shape index (κ3) is 6.87. The highest BCUT2D eigenvalue weighted by Gasteiger charge is 2.14. The van der Waals surface area contributed by atoms with Crippen LogP contribution in [0.2, 0.25) is 0 Å². The van der Waals surface area contributed by atoms with Crippen molar-refractivity contribution >= 4 is 44.3 Å². The molecule has 0 aromatic heterocycles. The Labute approximate surface area is 149 Å². The van der Waals surface area contributed by atoms with Gasteiger partial charge in [-0.1, -0.05) is 28.8 Å². The Kier molecular flexibility index (Phi) is 9.21. The number of aliphatic hydroxyl groups is 1. The third-order valence-corrected chi connectivity index (χ3v) is 4.61. The highest BCUT2D eigenvalue weighted by Crippen LogP contribution is 2.28. The normalized spacial score (nSPS) is 17.7. The number of nitrogens with zero attached hydrogens (tertiary/aromatic N) is 1. The van der Waals surface area contributed by atoms with Crippen LogP contribution in [-0.4, -0.2) is 42.4 Å². The Hall–Kier alpha value is 0.190. The zero-order chi connectivity index (χ0) is 14.4. The van der Waals surface area contributed by atoms with Gasteiger partial charge in [0.25, 0.3) is 0 Å². The lowest BCUT2D eigenvalue weighted by Gasteiger charge is -2.23. The van der Waals surface area contributed by atoms with Gasteiger partial charge in [-0.3, -0.25) is 0 Å². The molecule has 0 amide bonds. The summed E-state index contributed by atoms with van der Waals surface area (Å²) in [5.74, 6) is 0.767. The summed E-state index contributed by atoms with van der Waals surface area (Å²) in [6.07, 6.45) is 4.67. The molecule has 1 N–H and O–H groups in total. The fraction of sp³-hybridized carbons (Fsp3) is 0.600. The van der Waals surface area contributed by atoms with Crippen LogP contribution in [-0.2, 0) is 0 Å². The van der Waals surface area contributed by atoms with Crippen LogP contribution in [0, 0.1) is 0 Å². The van der Waals surface area contributed by atoms with Gasteiger partial charge < -0.3 is 14.7 Å². The van der Waals surface area contributed by atoms with Crippen LogP contribution in [0.15, 0.2) is 27.1 Å². The van der Waals surface area contributed by atoms with E-state index in [9.17, 15) is 5.11 Å². The summed E-state index contributed by atoms with van der Waals surface area (Å²) in [6, 6.07) is 5.77. The van der Waals surface area contributed by atoms with Gasteiger partial charge in [0.15, 0.2) is 0 Å². The smallest absolute Gasteiger partial charge is 0.133 e. The Morgan fingerprint density at radius 2 is 1.81 bits per heavy atom. The molecule has 0 radical (unpaired) electrons. The summed E-state index contributed by atoms with van der Waals surface area (Å²) in [6.45, 7) is 3.23. The second-order valence-corrected chi connectivity index (χ2v) is 7.02. The van der Waals surface area contributed by atoms with Crippen molar-refractivity contribution in [3.63, 3.8) is 0 Å². The standard InChI is InChI=1S/C15H21Br2NO2.ClH/c16-12-5-6-15(14(17)9-12)20-11-13(19)10-18-7-3-1-2-4-8-18;/h5-6,9,13,19H,1-4,7-8,10-11H2;1H. The molecule has 1 atom stereocenters. The van der Waals surface area contributed by atoms with Gasteiger partial charge in [-0.25, -0.2) is 0 Å². The molecule has 6 heteroatoms. The fourth-order valence-electron chi connectivity index (χ4n) is 2.45. The molecular weight excluding hydrogens is 421 g/mol. The monoisotopic (exact) mass is 441 g/mol. The van der Waals surface area contributed by atoms with E-state index in [0.29, 0.717) is 13.2 Å². The van der Waals surface area contributed by atoms with E-state index < -0.39 is 6.10 Å². The van der Waals surface area contributed by atoms with E-state index in [1.807, 2.05) is 18.2 Å². The van der Waals surface area contributed by atoms with Gasteiger partial charge >= 0.3 is 0 Å². The van der Waals surface area contributed by atoms with E-state index in [-0.39, 0.29) is 12.4 Å². The maximum atomic E-state index is 10.1.